The largest absolute Gasteiger partial charge is 0.481 e. The van der Waals surface area contributed by atoms with E-state index in [1.807, 2.05) is 0 Å². The van der Waals surface area contributed by atoms with Gasteiger partial charge in [0.25, 0.3) is 0 Å². The summed E-state index contributed by atoms with van der Waals surface area (Å²) in [5, 5.41) is 9.08. The van der Waals surface area contributed by atoms with E-state index in [4.69, 9.17) is 9.52 Å². The summed E-state index contributed by atoms with van der Waals surface area (Å²) in [5.74, 6) is -1.07. The van der Waals surface area contributed by atoms with Gasteiger partial charge in [-0.3, -0.25) is 4.79 Å². The molecule has 1 heterocycles. The molecule has 0 unspecified atom stereocenters. The van der Waals surface area contributed by atoms with Crippen molar-refractivity contribution in [3.05, 3.63) is 40.8 Å². The fraction of sp³-hybridized carbons (Fsp3) is 0.231. The van der Waals surface area contributed by atoms with E-state index in [2.05, 4.69) is 0 Å². The Labute approximate surface area is 120 Å². The van der Waals surface area contributed by atoms with Crippen LogP contribution in [-0.4, -0.2) is 37.4 Å². The van der Waals surface area contributed by atoms with Crippen LogP contribution in [0.5, 0.6) is 0 Å². The molecule has 1 aromatic heterocycles. The molecule has 0 amide bonds. The first-order valence-corrected chi connectivity index (χ1v) is 7.47. The van der Waals surface area contributed by atoms with Crippen molar-refractivity contribution in [3.63, 3.8) is 0 Å². The van der Waals surface area contributed by atoms with E-state index in [0.717, 1.165) is 4.31 Å². The molecule has 0 fully saturated rings. The average Bonchev–Trinajstić information content (AvgIpc) is 2.43. The van der Waals surface area contributed by atoms with E-state index in [9.17, 15) is 18.0 Å². The number of sulfonamides is 1. The van der Waals surface area contributed by atoms with Crippen molar-refractivity contribution >= 4 is 27.0 Å². The molecule has 7 nitrogen and oxygen atoms in total. The van der Waals surface area contributed by atoms with Gasteiger partial charge in [-0.15, -0.1) is 0 Å². The predicted molar refractivity (Wildman–Crippen MR) is 74.6 cm³/mol. The van der Waals surface area contributed by atoms with Crippen molar-refractivity contribution in [2.75, 3.05) is 13.6 Å². The third-order valence-corrected chi connectivity index (χ3v) is 4.79. The highest BCUT2D eigenvalue weighted by molar-refractivity contribution is 7.89. The second-order valence-electron chi connectivity index (χ2n) is 4.42. The summed E-state index contributed by atoms with van der Waals surface area (Å²) in [6.07, 6.45) is -0.280. The number of benzene rings is 1. The fourth-order valence-corrected chi connectivity index (χ4v) is 2.97. The van der Waals surface area contributed by atoms with E-state index in [1.165, 1.54) is 37.4 Å². The maximum atomic E-state index is 12.3. The van der Waals surface area contributed by atoms with Crippen LogP contribution in [-0.2, 0) is 14.8 Å². The minimum atomic E-state index is -3.79. The first-order chi connectivity index (χ1) is 9.80. The Morgan fingerprint density at radius 2 is 2.00 bits per heavy atom. The van der Waals surface area contributed by atoms with Crippen LogP contribution in [0.1, 0.15) is 6.42 Å². The Bertz CT molecular complexity index is 839. The molecule has 0 spiro atoms. The topological polar surface area (TPSA) is 105 Å². The molecule has 0 aliphatic rings. The lowest BCUT2D eigenvalue weighted by Gasteiger charge is -2.16. The third kappa shape index (κ3) is 3.29. The number of hydrogen-bond acceptors (Lipinski definition) is 5. The molecule has 0 bridgehead atoms. The van der Waals surface area contributed by atoms with Gasteiger partial charge >= 0.3 is 11.6 Å². The molecule has 21 heavy (non-hydrogen) atoms. The minimum Gasteiger partial charge on any atom is -0.481 e. The smallest absolute Gasteiger partial charge is 0.336 e. The van der Waals surface area contributed by atoms with Crippen LogP contribution < -0.4 is 5.63 Å². The molecular formula is C13H13NO6S. The van der Waals surface area contributed by atoms with Crippen molar-refractivity contribution in [1.29, 1.82) is 0 Å². The van der Waals surface area contributed by atoms with Crippen LogP contribution in [0.15, 0.2) is 44.4 Å². The van der Waals surface area contributed by atoms with Crippen LogP contribution in [0, 0.1) is 0 Å². The molecule has 0 aliphatic heterocycles. The molecule has 1 aromatic carbocycles. The van der Waals surface area contributed by atoms with Gasteiger partial charge in [-0.2, -0.15) is 0 Å². The number of nitrogens with zero attached hydrogens (tertiary/aromatic N) is 1. The lowest BCUT2D eigenvalue weighted by Crippen LogP contribution is -2.29. The van der Waals surface area contributed by atoms with E-state index in [-0.39, 0.29) is 23.4 Å². The van der Waals surface area contributed by atoms with Crippen molar-refractivity contribution < 1.29 is 22.7 Å². The number of carbonyl (C=O) groups is 1. The Hall–Kier alpha value is -2.19. The van der Waals surface area contributed by atoms with Crippen LogP contribution in [0.4, 0.5) is 0 Å². The Kier molecular flexibility index (Phi) is 4.10. The third-order valence-electron chi connectivity index (χ3n) is 2.94. The number of carboxylic acid groups (broad SMARTS) is 1. The molecule has 0 atom stereocenters. The summed E-state index contributed by atoms with van der Waals surface area (Å²) in [4.78, 5) is 21.6. The molecule has 112 valence electrons. The highest BCUT2D eigenvalue weighted by Crippen LogP contribution is 2.20. The molecule has 0 aliphatic carbocycles. The summed E-state index contributed by atoms with van der Waals surface area (Å²) in [6.45, 7) is -0.125. The summed E-state index contributed by atoms with van der Waals surface area (Å²) < 4.78 is 30.5. The molecule has 0 saturated carbocycles. The van der Waals surface area contributed by atoms with E-state index in [0.29, 0.717) is 5.39 Å². The Balaban J connectivity index is 2.38. The van der Waals surface area contributed by atoms with Gasteiger partial charge in [-0.25, -0.2) is 17.5 Å². The first-order valence-electron chi connectivity index (χ1n) is 6.03. The van der Waals surface area contributed by atoms with Crippen LogP contribution in [0.3, 0.4) is 0 Å². The highest BCUT2D eigenvalue weighted by atomic mass is 32.2. The van der Waals surface area contributed by atoms with Gasteiger partial charge in [0, 0.05) is 25.0 Å². The SMILES string of the molecule is CN(CCC(=O)O)S(=O)(=O)c1ccc2oc(=O)ccc2c1. The van der Waals surface area contributed by atoms with Crippen molar-refractivity contribution in [1.82, 2.24) is 4.31 Å². The van der Waals surface area contributed by atoms with Crippen molar-refractivity contribution in [2.45, 2.75) is 11.3 Å². The monoisotopic (exact) mass is 311 g/mol. The Morgan fingerprint density at radius 3 is 2.67 bits per heavy atom. The molecule has 2 aromatic rings. The van der Waals surface area contributed by atoms with Crippen molar-refractivity contribution in [3.8, 4) is 0 Å². The van der Waals surface area contributed by atoms with Gasteiger partial charge in [0.2, 0.25) is 10.0 Å². The number of fused-ring (bicyclic) bond motifs is 1. The molecule has 2 rings (SSSR count). The fourth-order valence-electron chi connectivity index (χ4n) is 1.76. The Morgan fingerprint density at radius 1 is 1.29 bits per heavy atom. The zero-order chi connectivity index (χ0) is 15.6. The summed E-state index contributed by atoms with van der Waals surface area (Å²) in [7, 11) is -2.47. The minimum absolute atomic E-state index is 0.0109. The zero-order valence-corrected chi connectivity index (χ0v) is 12.0. The first kappa shape index (κ1) is 15.2. The molecular weight excluding hydrogens is 298 g/mol. The van der Waals surface area contributed by atoms with E-state index < -0.39 is 21.6 Å². The lowest BCUT2D eigenvalue weighted by atomic mass is 10.2. The van der Waals surface area contributed by atoms with Gasteiger partial charge in [0.05, 0.1) is 11.3 Å². The van der Waals surface area contributed by atoms with Gasteiger partial charge in [0.1, 0.15) is 5.58 Å². The summed E-state index contributed by atoms with van der Waals surface area (Å²) >= 11 is 0. The standard InChI is InChI=1S/C13H13NO6S/c1-14(7-6-12(15)16)21(18,19)10-3-4-11-9(8-10)2-5-13(17)20-11/h2-5,8H,6-7H2,1H3,(H,15,16). The lowest BCUT2D eigenvalue weighted by molar-refractivity contribution is -0.137. The normalized spacial score (nSPS) is 11.9. The number of aliphatic carboxylic acids is 1. The van der Waals surface area contributed by atoms with Gasteiger partial charge in [-0.05, 0) is 24.3 Å². The molecule has 8 heteroatoms. The number of hydrogen-bond donors (Lipinski definition) is 1. The van der Waals surface area contributed by atoms with Crippen LogP contribution >= 0.6 is 0 Å². The molecule has 0 radical (unpaired) electrons. The summed E-state index contributed by atoms with van der Waals surface area (Å²) in [6, 6.07) is 6.77. The maximum absolute atomic E-state index is 12.3. The van der Waals surface area contributed by atoms with Gasteiger partial charge in [-0.1, -0.05) is 0 Å². The zero-order valence-electron chi connectivity index (χ0n) is 11.1. The average molecular weight is 311 g/mol. The second-order valence-corrected chi connectivity index (χ2v) is 6.47. The van der Waals surface area contributed by atoms with Gasteiger partial charge in [0.15, 0.2) is 0 Å². The molecule has 0 saturated heterocycles. The second kappa shape index (κ2) is 5.66. The van der Waals surface area contributed by atoms with E-state index >= 15 is 0 Å². The summed E-state index contributed by atoms with van der Waals surface area (Å²) in [5.41, 5.74) is -0.230. The number of rotatable bonds is 5. The van der Waals surface area contributed by atoms with Gasteiger partial charge < -0.3 is 9.52 Å². The van der Waals surface area contributed by atoms with Crippen LogP contribution in [0.2, 0.25) is 0 Å². The highest BCUT2D eigenvalue weighted by Gasteiger charge is 2.21. The van der Waals surface area contributed by atoms with E-state index in [1.54, 1.807) is 0 Å². The predicted octanol–water partition coefficient (Wildman–Crippen LogP) is 0.888. The van der Waals surface area contributed by atoms with Crippen LogP contribution in [0.25, 0.3) is 11.0 Å². The number of carboxylic acids is 1. The molecule has 1 N–H and O–H groups in total. The van der Waals surface area contributed by atoms with Crippen molar-refractivity contribution in [2.24, 2.45) is 0 Å². The maximum Gasteiger partial charge on any atom is 0.336 e. The quantitative estimate of drug-likeness (QED) is 0.822.